The molecule has 0 bridgehead atoms. The molecule has 13 heavy (non-hydrogen) atoms. The Morgan fingerprint density at radius 3 is 2.00 bits per heavy atom. The average Bonchev–Trinajstić information content (AvgIpc) is 1.81. The van der Waals surface area contributed by atoms with Crippen molar-refractivity contribution in [3.05, 3.63) is 0 Å². The van der Waals surface area contributed by atoms with Gasteiger partial charge in [0.15, 0.2) is 0 Å². The van der Waals surface area contributed by atoms with E-state index in [9.17, 15) is 0 Å². The van der Waals surface area contributed by atoms with Crippen LogP contribution < -0.4 is 0 Å². The molecule has 0 N–H and O–H groups in total. The molecule has 1 aliphatic heterocycles. The van der Waals surface area contributed by atoms with E-state index in [0.29, 0.717) is 12.2 Å². The van der Waals surface area contributed by atoms with E-state index < -0.39 is 19.2 Å². The van der Waals surface area contributed by atoms with Crippen molar-refractivity contribution < 1.29 is 0 Å². The quantitative estimate of drug-likeness (QED) is 0.686. The van der Waals surface area contributed by atoms with Gasteiger partial charge in [0.1, 0.15) is 0 Å². The van der Waals surface area contributed by atoms with Crippen LogP contribution in [-0.4, -0.2) is 43.2 Å². The van der Waals surface area contributed by atoms with Gasteiger partial charge >= 0.3 is 93.6 Å². The fourth-order valence-corrected chi connectivity index (χ4v) is 12.4. The molecule has 0 aliphatic carbocycles. The van der Waals surface area contributed by atoms with Gasteiger partial charge in [-0.15, -0.1) is 0 Å². The van der Waals surface area contributed by atoms with Gasteiger partial charge in [-0.3, -0.25) is 0 Å². The Bertz CT molecular complexity index is 181. The molecule has 0 saturated carbocycles. The molecule has 1 aliphatic rings. The molecule has 77 valence electrons. The Morgan fingerprint density at radius 2 is 1.77 bits per heavy atom. The van der Waals surface area contributed by atoms with Gasteiger partial charge in [-0.2, -0.15) is 0 Å². The number of nitrogens with zero attached hydrogens (tertiary/aromatic N) is 2. The summed E-state index contributed by atoms with van der Waals surface area (Å²) in [5.74, 6) is 0. The van der Waals surface area contributed by atoms with Gasteiger partial charge in [0, 0.05) is 0 Å². The molecule has 0 aromatic heterocycles. The molecule has 1 atom stereocenters. The second-order valence-corrected chi connectivity index (χ2v) is 11.6. The molecule has 1 fully saturated rings. The first-order valence-corrected chi connectivity index (χ1v) is 11.0. The van der Waals surface area contributed by atoms with Crippen molar-refractivity contribution in [2.24, 2.45) is 0 Å². The van der Waals surface area contributed by atoms with Crippen molar-refractivity contribution >= 4 is 28.1 Å². The van der Waals surface area contributed by atoms with E-state index in [4.69, 9.17) is 8.92 Å². The second kappa shape index (κ2) is 3.87. The van der Waals surface area contributed by atoms with Crippen LogP contribution in [-0.2, 0) is 0 Å². The number of hydrogen-bond acceptors (Lipinski definition) is 2. The normalized spacial score (nSPS) is 28.2. The zero-order valence-corrected chi connectivity index (χ0v) is 13.0. The first kappa shape index (κ1) is 12.1. The number of hydrogen-bond donors (Lipinski definition) is 0. The predicted octanol–water partition coefficient (Wildman–Crippen LogP) is 2.38. The zero-order valence-electron chi connectivity index (χ0n) is 9.43. The van der Waals surface area contributed by atoms with E-state index in [1.165, 1.54) is 0 Å². The summed E-state index contributed by atoms with van der Waals surface area (Å²) in [6.07, 6.45) is 0.548. The van der Waals surface area contributed by atoms with Gasteiger partial charge in [0.25, 0.3) is 0 Å². The van der Waals surface area contributed by atoms with Gasteiger partial charge in [0.2, 0.25) is 0 Å². The summed E-state index contributed by atoms with van der Waals surface area (Å²) in [6.45, 7) is 13.5. The van der Waals surface area contributed by atoms with E-state index in [2.05, 4.69) is 47.8 Å². The molecule has 1 radical (unpaired) electrons. The third-order valence-corrected chi connectivity index (χ3v) is 12.9. The molecule has 2 nitrogen and oxygen atoms in total. The molecule has 1 unspecified atom stereocenters. The molecule has 1 heterocycles. The summed E-state index contributed by atoms with van der Waals surface area (Å²) in [5.41, 5.74) is 0.251. The SMILES string of the molecule is CC(C)[N]1C(C)[N](C(C)(C)C)[Sn]1[Cl]. The van der Waals surface area contributed by atoms with E-state index >= 15 is 0 Å². The Hall–Kier alpha value is 1.01. The third kappa shape index (κ3) is 2.16. The van der Waals surface area contributed by atoms with Crippen molar-refractivity contribution in [3.63, 3.8) is 0 Å². The third-order valence-electron chi connectivity index (χ3n) is 2.47. The van der Waals surface area contributed by atoms with Crippen LogP contribution in [0.25, 0.3) is 0 Å². The summed E-state index contributed by atoms with van der Waals surface area (Å²) in [6, 6.07) is 0.612. The minimum absolute atomic E-state index is 0.251. The number of halogens is 1. The molecule has 0 aromatic carbocycles. The Kier molecular flexibility index (Phi) is 3.60. The molecule has 1 saturated heterocycles. The maximum absolute atomic E-state index is 6.50. The standard InChI is InChI=1S/C9H20N2.ClH.Sn/c1-7(2)10-8(3)11-9(4,5)6;;/h7-8H,1-6H3;1H;/q-2;;+3/p-1. The fraction of sp³-hybridized carbons (Fsp3) is 1.00. The first-order chi connectivity index (χ1) is 5.76. The van der Waals surface area contributed by atoms with Crippen LogP contribution in [0, 0.1) is 0 Å². The van der Waals surface area contributed by atoms with Crippen LogP contribution in [0.15, 0.2) is 0 Å². The van der Waals surface area contributed by atoms with Crippen LogP contribution in [0.2, 0.25) is 0 Å². The summed E-state index contributed by atoms with van der Waals surface area (Å²) >= 11 is -1.87. The van der Waals surface area contributed by atoms with Crippen molar-refractivity contribution in [3.8, 4) is 0 Å². The van der Waals surface area contributed by atoms with Crippen molar-refractivity contribution in [2.75, 3.05) is 0 Å². The monoisotopic (exact) mass is 311 g/mol. The Morgan fingerprint density at radius 1 is 1.31 bits per heavy atom. The average molecular weight is 310 g/mol. The fourth-order valence-electron chi connectivity index (χ4n) is 1.98. The summed E-state index contributed by atoms with van der Waals surface area (Å²) in [4.78, 5) is 0. The van der Waals surface area contributed by atoms with Crippen molar-refractivity contribution in [2.45, 2.75) is 59.3 Å². The van der Waals surface area contributed by atoms with Crippen LogP contribution in [0.3, 0.4) is 0 Å². The van der Waals surface area contributed by atoms with E-state index in [0.717, 1.165) is 0 Å². The Labute approximate surface area is 93.4 Å². The van der Waals surface area contributed by atoms with Crippen LogP contribution in [0.5, 0.6) is 0 Å². The second-order valence-electron chi connectivity index (χ2n) is 4.94. The summed E-state index contributed by atoms with van der Waals surface area (Å²) in [7, 11) is 6.50. The van der Waals surface area contributed by atoms with E-state index in [1.54, 1.807) is 0 Å². The van der Waals surface area contributed by atoms with Crippen molar-refractivity contribution in [1.29, 1.82) is 0 Å². The molecular weight excluding hydrogens is 290 g/mol. The van der Waals surface area contributed by atoms with Crippen molar-refractivity contribution in [1.82, 2.24) is 6.24 Å². The zero-order chi connectivity index (χ0) is 10.4. The van der Waals surface area contributed by atoms with Gasteiger partial charge in [0.05, 0.1) is 0 Å². The van der Waals surface area contributed by atoms with E-state index in [-0.39, 0.29) is 5.54 Å². The first-order valence-electron chi connectivity index (χ1n) is 4.87. The molecular formula is C9H20ClN2Sn. The Balaban J connectivity index is 2.67. The maximum atomic E-state index is 6.50. The minimum atomic E-state index is -1.87. The van der Waals surface area contributed by atoms with E-state index in [1.807, 2.05) is 0 Å². The van der Waals surface area contributed by atoms with Gasteiger partial charge in [-0.05, 0) is 0 Å². The topological polar surface area (TPSA) is 6.48 Å². The molecule has 0 spiro atoms. The van der Waals surface area contributed by atoms with Gasteiger partial charge < -0.3 is 0 Å². The molecule has 4 heteroatoms. The summed E-state index contributed by atoms with van der Waals surface area (Å²) in [5, 5.41) is 0. The molecule has 1 rings (SSSR count). The van der Waals surface area contributed by atoms with Crippen LogP contribution >= 0.6 is 8.92 Å². The van der Waals surface area contributed by atoms with Gasteiger partial charge in [-0.25, -0.2) is 0 Å². The predicted molar refractivity (Wildman–Crippen MR) is 59.6 cm³/mol. The van der Waals surface area contributed by atoms with Crippen LogP contribution in [0.1, 0.15) is 41.5 Å². The summed E-state index contributed by atoms with van der Waals surface area (Å²) < 4.78 is 5.03. The molecule has 0 amide bonds. The number of rotatable bonds is 1. The molecule has 0 aromatic rings. The van der Waals surface area contributed by atoms with Gasteiger partial charge in [-0.1, -0.05) is 0 Å². The van der Waals surface area contributed by atoms with Crippen LogP contribution in [0.4, 0.5) is 0 Å².